The molecule has 2 saturated heterocycles. The van der Waals surface area contributed by atoms with Crippen molar-refractivity contribution in [3.05, 3.63) is 48.0 Å². The Labute approximate surface area is 188 Å². The van der Waals surface area contributed by atoms with E-state index in [4.69, 9.17) is 4.74 Å². The van der Waals surface area contributed by atoms with Gasteiger partial charge in [-0.05, 0) is 68.2 Å². The lowest BCUT2D eigenvalue weighted by molar-refractivity contribution is -0.0114. The fourth-order valence-corrected chi connectivity index (χ4v) is 4.65. The first-order valence-electron chi connectivity index (χ1n) is 10.9. The number of halogens is 2. The molecule has 5 heteroatoms. The minimum Gasteiger partial charge on any atom is -0.371 e. The van der Waals surface area contributed by atoms with E-state index in [2.05, 4.69) is 52.3 Å². The van der Waals surface area contributed by atoms with E-state index in [1.54, 1.807) is 0 Å². The van der Waals surface area contributed by atoms with E-state index in [1.165, 1.54) is 81.0 Å². The lowest BCUT2D eigenvalue weighted by Gasteiger charge is -2.34. The first kappa shape index (κ1) is 24.4. The summed E-state index contributed by atoms with van der Waals surface area (Å²) in [6.45, 7) is 7.86. The van der Waals surface area contributed by atoms with Gasteiger partial charge in [-0.15, -0.1) is 24.8 Å². The van der Waals surface area contributed by atoms with Gasteiger partial charge in [0.1, 0.15) is 0 Å². The van der Waals surface area contributed by atoms with Crippen molar-refractivity contribution in [2.45, 2.75) is 51.2 Å². The fourth-order valence-electron chi connectivity index (χ4n) is 4.65. The number of hydrogen-bond donors (Lipinski definition) is 0. The van der Waals surface area contributed by atoms with Crippen molar-refractivity contribution in [2.75, 3.05) is 39.3 Å². The second-order valence-electron chi connectivity index (χ2n) is 8.29. The molecule has 2 aromatic rings. The largest absolute Gasteiger partial charge is 0.371 e. The highest BCUT2D eigenvalue weighted by molar-refractivity contribution is 5.86. The van der Waals surface area contributed by atoms with Crippen LogP contribution < -0.4 is 0 Å². The maximum absolute atomic E-state index is 6.56. The van der Waals surface area contributed by atoms with Crippen molar-refractivity contribution in [1.29, 1.82) is 0 Å². The van der Waals surface area contributed by atoms with Gasteiger partial charge in [-0.25, -0.2) is 0 Å². The Morgan fingerprint density at radius 2 is 1.24 bits per heavy atom. The quantitative estimate of drug-likeness (QED) is 0.563. The summed E-state index contributed by atoms with van der Waals surface area (Å²) < 4.78 is 6.56. The molecule has 2 fully saturated rings. The number of hydrogen-bond acceptors (Lipinski definition) is 3. The number of fused-ring (bicyclic) bond motifs is 1. The van der Waals surface area contributed by atoms with Gasteiger partial charge in [-0.1, -0.05) is 55.3 Å². The zero-order valence-electron chi connectivity index (χ0n) is 17.4. The van der Waals surface area contributed by atoms with Crippen molar-refractivity contribution in [3.63, 3.8) is 0 Å². The molecule has 0 atom stereocenters. The van der Waals surface area contributed by atoms with Crippen LogP contribution in [-0.2, 0) is 11.3 Å². The number of piperidine rings is 2. The first-order valence-corrected chi connectivity index (χ1v) is 10.9. The van der Waals surface area contributed by atoms with E-state index in [0.29, 0.717) is 12.7 Å². The van der Waals surface area contributed by atoms with Crippen molar-refractivity contribution >= 4 is 35.6 Å². The first-order chi connectivity index (χ1) is 13.4. The molecule has 0 radical (unpaired) electrons. The Morgan fingerprint density at radius 1 is 0.690 bits per heavy atom. The molecule has 0 N–H and O–H groups in total. The minimum absolute atomic E-state index is 0. The summed E-state index contributed by atoms with van der Waals surface area (Å²) in [5.74, 6) is 0. The number of benzene rings is 2. The molecule has 0 saturated carbocycles. The van der Waals surface area contributed by atoms with Gasteiger partial charge in [0.05, 0.1) is 12.7 Å². The highest BCUT2D eigenvalue weighted by atomic mass is 35.5. The van der Waals surface area contributed by atoms with Gasteiger partial charge in [0.15, 0.2) is 0 Å². The normalized spacial score (nSPS) is 18.4. The highest BCUT2D eigenvalue weighted by Gasteiger charge is 2.21. The molecule has 2 aliphatic rings. The number of likely N-dealkylation sites (tertiary alicyclic amines) is 2. The molecule has 2 aromatic carbocycles. The Morgan fingerprint density at radius 3 is 1.86 bits per heavy atom. The predicted molar refractivity (Wildman–Crippen MR) is 128 cm³/mol. The molecule has 0 spiro atoms. The van der Waals surface area contributed by atoms with Gasteiger partial charge in [0.2, 0.25) is 0 Å². The molecule has 0 aliphatic carbocycles. The molecule has 2 aliphatic heterocycles. The summed E-state index contributed by atoms with van der Waals surface area (Å²) in [6, 6.07) is 15.2. The fraction of sp³-hybridized carbons (Fsp3) is 0.583. The summed E-state index contributed by atoms with van der Waals surface area (Å²) in [7, 11) is 0. The zero-order chi connectivity index (χ0) is 18.3. The smallest absolute Gasteiger partial charge is 0.0833 e. The van der Waals surface area contributed by atoms with E-state index < -0.39 is 0 Å². The average Bonchev–Trinajstić information content (AvgIpc) is 2.73. The maximum atomic E-state index is 6.56. The van der Waals surface area contributed by atoms with Crippen LogP contribution in [-0.4, -0.2) is 55.2 Å². The number of nitrogens with zero attached hydrogens (tertiary/aromatic N) is 2. The molecule has 0 amide bonds. The van der Waals surface area contributed by atoms with Gasteiger partial charge in [-0.3, -0.25) is 0 Å². The van der Waals surface area contributed by atoms with Crippen LogP contribution in [0.1, 0.15) is 44.1 Å². The second-order valence-corrected chi connectivity index (χ2v) is 8.29. The third kappa shape index (κ3) is 7.11. The van der Waals surface area contributed by atoms with E-state index in [0.717, 1.165) is 13.1 Å². The third-order valence-electron chi connectivity index (χ3n) is 6.18. The molecular weight excluding hydrogens is 403 g/mol. The van der Waals surface area contributed by atoms with Gasteiger partial charge < -0.3 is 14.5 Å². The summed E-state index contributed by atoms with van der Waals surface area (Å²) >= 11 is 0. The van der Waals surface area contributed by atoms with Crippen LogP contribution in [0.25, 0.3) is 10.8 Å². The summed E-state index contributed by atoms with van der Waals surface area (Å²) in [6.07, 6.45) is 8.48. The molecule has 0 bridgehead atoms. The molecule has 162 valence electrons. The van der Waals surface area contributed by atoms with Gasteiger partial charge in [0, 0.05) is 13.1 Å². The van der Waals surface area contributed by atoms with Crippen molar-refractivity contribution in [3.8, 4) is 0 Å². The maximum Gasteiger partial charge on any atom is 0.0833 e. The Bertz CT molecular complexity index is 690. The van der Waals surface area contributed by atoms with Crippen LogP contribution in [0.5, 0.6) is 0 Å². The van der Waals surface area contributed by atoms with Crippen LogP contribution in [0.3, 0.4) is 0 Å². The second kappa shape index (κ2) is 12.8. The topological polar surface area (TPSA) is 15.7 Å². The number of rotatable bonds is 7. The van der Waals surface area contributed by atoms with Crippen LogP contribution in [0, 0.1) is 0 Å². The van der Waals surface area contributed by atoms with Crippen molar-refractivity contribution in [1.82, 2.24) is 9.80 Å². The Balaban J connectivity index is 0.00000150. The summed E-state index contributed by atoms with van der Waals surface area (Å²) in [5, 5.41) is 2.64. The lowest BCUT2D eigenvalue weighted by Crippen LogP contribution is -2.44. The molecule has 4 rings (SSSR count). The third-order valence-corrected chi connectivity index (χ3v) is 6.18. The average molecular weight is 439 g/mol. The molecule has 3 nitrogen and oxygen atoms in total. The molecule has 29 heavy (non-hydrogen) atoms. The van der Waals surface area contributed by atoms with Crippen LogP contribution in [0.2, 0.25) is 0 Å². The molecule has 0 unspecified atom stereocenters. The predicted octanol–water partition coefficient (Wildman–Crippen LogP) is 5.54. The van der Waals surface area contributed by atoms with Crippen molar-refractivity contribution < 1.29 is 4.74 Å². The van der Waals surface area contributed by atoms with Gasteiger partial charge in [0.25, 0.3) is 0 Å². The highest BCUT2D eigenvalue weighted by Crippen LogP contribution is 2.21. The van der Waals surface area contributed by atoms with Crippen molar-refractivity contribution in [2.24, 2.45) is 0 Å². The minimum atomic E-state index is 0. The van der Waals surface area contributed by atoms with Crippen LogP contribution >= 0.6 is 24.8 Å². The summed E-state index contributed by atoms with van der Waals surface area (Å²) in [4.78, 5) is 5.25. The SMILES string of the molecule is Cl.Cl.c1ccc2c(COC(CN3CCCCC3)CN3CCCCC3)cccc2c1. The van der Waals surface area contributed by atoms with E-state index in [1.807, 2.05) is 0 Å². The van der Waals surface area contributed by atoms with Crippen LogP contribution in [0.15, 0.2) is 42.5 Å². The van der Waals surface area contributed by atoms with Crippen LogP contribution in [0.4, 0.5) is 0 Å². The summed E-state index contributed by atoms with van der Waals surface area (Å²) in [5.41, 5.74) is 1.32. The zero-order valence-corrected chi connectivity index (χ0v) is 19.1. The molecule has 0 aromatic heterocycles. The molecular formula is C24H36Cl2N2O. The van der Waals surface area contributed by atoms with Gasteiger partial charge >= 0.3 is 0 Å². The van der Waals surface area contributed by atoms with Gasteiger partial charge in [-0.2, -0.15) is 0 Å². The monoisotopic (exact) mass is 438 g/mol. The number of ether oxygens (including phenoxy) is 1. The van der Waals surface area contributed by atoms with E-state index in [9.17, 15) is 0 Å². The molecule has 2 heterocycles. The Hall–Kier alpha value is -0.840. The lowest BCUT2D eigenvalue weighted by atomic mass is 10.1. The standard InChI is InChI=1S/C24H34N2O.2ClH/c1-5-14-25(15-6-1)18-23(19-26-16-7-2-8-17-26)27-20-22-12-9-11-21-10-3-4-13-24(21)22;;/h3-4,9-13,23H,1-2,5-8,14-20H2;2*1H. The Kier molecular flexibility index (Phi) is 10.8. The van der Waals surface area contributed by atoms with E-state index in [-0.39, 0.29) is 24.8 Å². The van der Waals surface area contributed by atoms with E-state index >= 15 is 0 Å².